The minimum atomic E-state index is -0.833. The lowest BCUT2D eigenvalue weighted by atomic mass is 10.0. The van der Waals surface area contributed by atoms with Crippen molar-refractivity contribution >= 4 is 17.5 Å². The third-order valence-electron chi connectivity index (χ3n) is 4.80. The fraction of sp³-hybridized carbons (Fsp3) is 0.167. The maximum atomic E-state index is 12.6. The van der Waals surface area contributed by atoms with Crippen LogP contribution < -0.4 is 21.5 Å². The van der Waals surface area contributed by atoms with E-state index in [2.05, 4.69) is 25.4 Å². The van der Waals surface area contributed by atoms with Crippen LogP contribution in [0.25, 0.3) is 5.95 Å². The standard InChI is InChI=1S/C22H22N8O2.C2H4O2/c1-13-10-15(12-17(11-13)32-2)18(27-16-6-4-14(5-7-16)19(23)24)20-28-22(31)30(29-20)21-25-8-3-9-26-21;1-2(3)4/h3-12,18,27H,1-2H3,(H3,23,24)(H,28,29,31);1H3,(H,3,4). The summed E-state index contributed by atoms with van der Waals surface area (Å²) < 4.78 is 6.55. The number of nitrogens with two attached hydrogens (primary N) is 1. The molecule has 0 aliphatic rings. The molecule has 1 unspecified atom stereocenters. The van der Waals surface area contributed by atoms with Crippen molar-refractivity contribution < 1.29 is 14.6 Å². The molecular formula is C24H26N8O4. The second kappa shape index (κ2) is 11.4. The van der Waals surface area contributed by atoms with Gasteiger partial charge in [-0.05, 0) is 60.5 Å². The van der Waals surface area contributed by atoms with Crippen LogP contribution in [0.1, 0.15) is 35.5 Å². The number of methoxy groups -OCH3 is 1. The number of hydrogen-bond acceptors (Lipinski definition) is 8. The Morgan fingerprint density at radius 2 is 1.83 bits per heavy atom. The highest BCUT2D eigenvalue weighted by molar-refractivity contribution is 5.95. The summed E-state index contributed by atoms with van der Waals surface area (Å²) in [6.45, 7) is 3.05. The molecule has 0 fully saturated rings. The van der Waals surface area contributed by atoms with Crippen molar-refractivity contribution in [1.29, 1.82) is 5.41 Å². The van der Waals surface area contributed by atoms with Crippen LogP contribution in [0.3, 0.4) is 0 Å². The highest BCUT2D eigenvalue weighted by atomic mass is 16.5. The van der Waals surface area contributed by atoms with Crippen molar-refractivity contribution in [2.24, 2.45) is 5.73 Å². The molecule has 0 spiro atoms. The maximum absolute atomic E-state index is 12.6. The first-order valence-corrected chi connectivity index (χ1v) is 10.7. The molecule has 4 rings (SSSR count). The molecule has 0 amide bonds. The first kappa shape index (κ1) is 25.6. The van der Waals surface area contributed by atoms with E-state index in [1.165, 1.54) is 0 Å². The van der Waals surface area contributed by atoms with Crippen LogP contribution in [-0.2, 0) is 4.79 Å². The lowest BCUT2D eigenvalue weighted by Crippen LogP contribution is -2.18. The molecule has 12 nitrogen and oxygen atoms in total. The van der Waals surface area contributed by atoms with Gasteiger partial charge in [-0.3, -0.25) is 15.2 Å². The molecule has 12 heteroatoms. The quantitative estimate of drug-likeness (QED) is 0.191. The summed E-state index contributed by atoms with van der Waals surface area (Å²) >= 11 is 0. The number of H-pyrrole nitrogens is 1. The van der Waals surface area contributed by atoms with Gasteiger partial charge in [-0.25, -0.2) is 14.8 Å². The molecule has 0 aliphatic heterocycles. The topological polar surface area (TPSA) is 185 Å². The van der Waals surface area contributed by atoms with Crippen molar-refractivity contribution in [1.82, 2.24) is 24.7 Å². The second-order valence-electron chi connectivity index (χ2n) is 7.65. The van der Waals surface area contributed by atoms with E-state index in [9.17, 15) is 4.79 Å². The van der Waals surface area contributed by atoms with Crippen LogP contribution in [0.2, 0.25) is 0 Å². The highest BCUT2D eigenvalue weighted by Crippen LogP contribution is 2.28. The van der Waals surface area contributed by atoms with E-state index >= 15 is 0 Å². The predicted molar refractivity (Wildman–Crippen MR) is 134 cm³/mol. The molecule has 0 radical (unpaired) electrons. The number of benzene rings is 2. The first-order valence-electron chi connectivity index (χ1n) is 10.7. The fourth-order valence-corrected chi connectivity index (χ4v) is 3.29. The number of carboxylic acid groups (broad SMARTS) is 1. The molecular weight excluding hydrogens is 464 g/mol. The van der Waals surface area contributed by atoms with Crippen molar-refractivity contribution in [2.45, 2.75) is 19.9 Å². The van der Waals surface area contributed by atoms with Crippen LogP contribution in [0, 0.1) is 12.3 Å². The smallest absolute Gasteiger partial charge is 0.350 e. The zero-order chi connectivity index (χ0) is 26.2. The summed E-state index contributed by atoms with van der Waals surface area (Å²) in [5, 5.41) is 22.8. The van der Waals surface area contributed by atoms with Crippen LogP contribution in [-0.4, -0.2) is 48.8 Å². The second-order valence-corrected chi connectivity index (χ2v) is 7.65. The van der Waals surface area contributed by atoms with E-state index in [0.29, 0.717) is 17.1 Å². The zero-order valence-corrected chi connectivity index (χ0v) is 19.9. The van der Waals surface area contributed by atoms with E-state index < -0.39 is 17.7 Å². The Bertz CT molecular complexity index is 1390. The van der Waals surface area contributed by atoms with E-state index in [-0.39, 0.29) is 11.8 Å². The summed E-state index contributed by atoms with van der Waals surface area (Å²) in [6.07, 6.45) is 3.09. The summed E-state index contributed by atoms with van der Waals surface area (Å²) in [4.78, 5) is 32.6. The predicted octanol–water partition coefficient (Wildman–Crippen LogP) is 2.24. The summed E-state index contributed by atoms with van der Waals surface area (Å²) in [5.74, 6) is 0.395. The number of ether oxygens (including phenoxy) is 1. The molecule has 0 bridgehead atoms. The molecule has 0 saturated carbocycles. The van der Waals surface area contributed by atoms with E-state index in [1.807, 2.05) is 37.3 Å². The number of carboxylic acids is 1. The molecule has 2 aromatic carbocycles. The molecule has 2 heterocycles. The Kier molecular flexibility index (Phi) is 8.13. The van der Waals surface area contributed by atoms with Gasteiger partial charge in [0, 0.05) is 30.6 Å². The number of nitrogen functional groups attached to an aromatic ring is 1. The highest BCUT2D eigenvalue weighted by Gasteiger charge is 2.22. The molecule has 6 N–H and O–H groups in total. The average molecular weight is 491 g/mol. The van der Waals surface area contributed by atoms with Crippen molar-refractivity contribution in [3.8, 4) is 11.7 Å². The molecule has 0 saturated heterocycles. The number of nitrogens with zero attached hydrogens (tertiary/aromatic N) is 4. The molecule has 4 aromatic rings. The van der Waals surface area contributed by atoms with Crippen LogP contribution >= 0.6 is 0 Å². The van der Waals surface area contributed by atoms with Gasteiger partial charge in [0.2, 0.25) is 0 Å². The van der Waals surface area contributed by atoms with Crippen LogP contribution in [0.15, 0.2) is 65.7 Å². The molecule has 186 valence electrons. The van der Waals surface area contributed by atoms with Gasteiger partial charge in [0.15, 0.2) is 5.82 Å². The largest absolute Gasteiger partial charge is 0.497 e. The molecule has 0 aliphatic carbocycles. The maximum Gasteiger partial charge on any atom is 0.350 e. The Hall–Kier alpha value is -5.00. The lowest BCUT2D eigenvalue weighted by Gasteiger charge is -2.19. The number of rotatable bonds is 7. The minimum absolute atomic E-state index is 0.0116. The van der Waals surface area contributed by atoms with E-state index in [1.54, 1.807) is 37.7 Å². The number of hydrogen-bond donors (Lipinski definition) is 5. The van der Waals surface area contributed by atoms with E-state index in [4.69, 9.17) is 25.8 Å². The van der Waals surface area contributed by atoms with Gasteiger partial charge in [0.1, 0.15) is 17.6 Å². The van der Waals surface area contributed by atoms with Gasteiger partial charge in [-0.15, -0.1) is 9.78 Å². The normalized spacial score (nSPS) is 11.1. The third kappa shape index (κ3) is 6.53. The zero-order valence-electron chi connectivity index (χ0n) is 19.9. The summed E-state index contributed by atoms with van der Waals surface area (Å²) in [7, 11) is 1.60. The number of aliphatic carboxylic acids is 1. The first-order chi connectivity index (χ1) is 17.2. The number of amidine groups is 1. The fourth-order valence-electron chi connectivity index (χ4n) is 3.29. The Morgan fingerprint density at radius 3 is 2.42 bits per heavy atom. The molecule has 1 atom stereocenters. The van der Waals surface area contributed by atoms with Crippen LogP contribution in [0.4, 0.5) is 5.69 Å². The van der Waals surface area contributed by atoms with Crippen LogP contribution in [0.5, 0.6) is 5.75 Å². The van der Waals surface area contributed by atoms with Crippen molar-refractivity contribution in [2.75, 3.05) is 12.4 Å². The number of aryl methyl sites for hydroxylation is 1. The Morgan fingerprint density at radius 1 is 1.19 bits per heavy atom. The number of aromatic nitrogens is 5. The summed E-state index contributed by atoms with van der Waals surface area (Å²) in [5.41, 5.74) is 8.30. The number of anilines is 1. The van der Waals surface area contributed by atoms with Gasteiger partial charge >= 0.3 is 5.69 Å². The summed E-state index contributed by atoms with van der Waals surface area (Å²) in [6, 6.07) is 14.1. The Balaban J connectivity index is 0.000000840. The third-order valence-corrected chi connectivity index (χ3v) is 4.80. The van der Waals surface area contributed by atoms with Crippen molar-refractivity contribution in [3.63, 3.8) is 0 Å². The SMILES string of the molecule is CC(=O)O.COc1cc(C)cc(C(Nc2ccc(C(=N)N)cc2)c2nn(-c3ncccn3)c(=O)[nH]2)c1. The van der Waals surface area contributed by atoms with Gasteiger partial charge in [-0.1, -0.05) is 6.07 Å². The monoisotopic (exact) mass is 490 g/mol. The van der Waals surface area contributed by atoms with Crippen molar-refractivity contribution in [3.05, 3.63) is 93.9 Å². The van der Waals surface area contributed by atoms with Gasteiger partial charge in [0.05, 0.1) is 7.11 Å². The number of nitrogens with one attached hydrogen (secondary N) is 3. The average Bonchev–Trinajstić information content (AvgIpc) is 3.23. The minimum Gasteiger partial charge on any atom is -0.497 e. The van der Waals surface area contributed by atoms with Gasteiger partial charge in [0.25, 0.3) is 11.9 Å². The Labute approximate surface area is 206 Å². The lowest BCUT2D eigenvalue weighted by molar-refractivity contribution is -0.134. The number of aromatic amines is 1. The van der Waals surface area contributed by atoms with E-state index in [0.717, 1.165) is 28.4 Å². The molecule has 2 aromatic heterocycles. The van der Waals surface area contributed by atoms with Gasteiger partial charge in [-0.2, -0.15) is 0 Å². The number of carbonyl (C=O) groups is 1. The van der Waals surface area contributed by atoms with Gasteiger partial charge < -0.3 is 20.9 Å². The molecule has 36 heavy (non-hydrogen) atoms.